The second-order valence-corrected chi connectivity index (χ2v) is 11.1. The number of aromatic amines is 1. The molecule has 1 aromatic heterocycles. The average Bonchev–Trinajstić information content (AvgIpc) is 2.87. The van der Waals surface area contributed by atoms with Gasteiger partial charge in [-0.05, 0) is 73.4 Å². The third-order valence-electron chi connectivity index (χ3n) is 6.81. The van der Waals surface area contributed by atoms with E-state index in [1.54, 1.807) is 31.2 Å². The number of nitrogens with one attached hydrogen (secondary N) is 2. The number of carbonyl (C=O) groups excluding carboxylic acids is 1. The fraction of sp³-hybridized carbons (Fsp3) is 0.500. The lowest BCUT2D eigenvalue weighted by molar-refractivity contribution is -0.149. The smallest absolute Gasteiger partial charge is 0.328 e. The average molecular weight is 526 g/mol. The van der Waals surface area contributed by atoms with Gasteiger partial charge in [-0.1, -0.05) is 52.0 Å². The van der Waals surface area contributed by atoms with Crippen molar-refractivity contribution in [3.05, 3.63) is 80.7 Å². The van der Waals surface area contributed by atoms with Crippen LogP contribution in [0, 0.1) is 23.1 Å². The minimum atomic E-state index is -0.328. The number of nitrogens with zero attached hydrogens (tertiary/aromatic N) is 1. The Kier molecular flexibility index (Phi) is 10.0. The van der Waals surface area contributed by atoms with E-state index >= 15 is 0 Å². The molecule has 0 amide bonds. The van der Waals surface area contributed by atoms with Crippen molar-refractivity contribution in [3.63, 3.8) is 0 Å². The molecule has 8 heteroatoms. The summed E-state index contributed by atoms with van der Waals surface area (Å²) in [5, 5.41) is 3.77. The van der Waals surface area contributed by atoms with Crippen molar-refractivity contribution in [1.29, 1.82) is 0 Å². The molecular formula is C30H40FN3O4. The minimum Gasteiger partial charge on any atom is -0.466 e. The second kappa shape index (κ2) is 13.0. The molecule has 206 valence electrons. The maximum Gasteiger partial charge on any atom is 0.328 e. The van der Waals surface area contributed by atoms with Gasteiger partial charge in [-0.15, -0.1) is 0 Å². The molecule has 0 unspecified atom stereocenters. The highest BCUT2D eigenvalue weighted by atomic mass is 19.1. The predicted octanol–water partition coefficient (Wildman–Crippen LogP) is 4.84. The number of benzene rings is 2. The number of aromatic nitrogens is 2. The molecule has 0 spiro atoms. The maximum atomic E-state index is 12.9. The van der Waals surface area contributed by atoms with Gasteiger partial charge in [0.25, 0.3) is 5.56 Å². The SMILES string of the molecule is CC(C)CC(C)(C)Cn1c(=O)[nH]c2ccccc2c1=O.CCOC(=O)[C@H]1CNCC[C@H]1c1ccc(F)cc1. The number of fused-ring (bicyclic) bond motifs is 1. The summed E-state index contributed by atoms with van der Waals surface area (Å²) in [6.07, 6.45) is 1.83. The second-order valence-electron chi connectivity index (χ2n) is 11.1. The third-order valence-corrected chi connectivity index (χ3v) is 6.81. The van der Waals surface area contributed by atoms with Gasteiger partial charge in [0, 0.05) is 13.1 Å². The highest BCUT2D eigenvalue weighted by Gasteiger charge is 2.33. The highest BCUT2D eigenvalue weighted by Crippen LogP contribution is 2.31. The lowest BCUT2D eigenvalue weighted by Crippen LogP contribution is -2.40. The number of esters is 1. The zero-order valence-electron chi connectivity index (χ0n) is 23.1. The van der Waals surface area contributed by atoms with E-state index in [0.717, 1.165) is 24.9 Å². The largest absolute Gasteiger partial charge is 0.466 e. The molecule has 0 radical (unpaired) electrons. The Morgan fingerprint density at radius 2 is 1.82 bits per heavy atom. The van der Waals surface area contributed by atoms with Crippen molar-refractivity contribution in [2.24, 2.45) is 17.3 Å². The predicted molar refractivity (Wildman–Crippen MR) is 149 cm³/mol. The minimum absolute atomic E-state index is 0.0898. The Balaban J connectivity index is 0.000000212. The number of carbonyl (C=O) groups is 1. The van der Waals surface area contributed by atoms with Crippen molar-refractivity contribution < 1.29 is 13.9 Å². The molecule has 0 saturated carbocycles. The number of H-pyrrole nitrogens is 1. The summed E-state index contributed by atoms with van der Waals surface area (Å²) in [5.74, 6) is 0.0506. The van der Waals surface area contributed by atoms with Crippen molar-refractivity contribution in [2.75, 3.05) is 19.7 Å². The van der Waals surface area contributed by atoms with Crippen LogP contribution in [0.3, 0.4) is 0 Å². The normalized spacial score (nSPS) is 17.7. The van der Waals surface area contributed by atoms with E-state index in [9.17, 15) is 18.8 Å². The first kappa shape index (κ1) is 29.3. The summed E-state index contributed by atoms with van der Waals surface area (Å²) in [5.41, 5.74) is 0.982. The van der Waals surface area contributed by atoms with Crippen LogP contribution in [-0.2, 0) is 16.1 Å². The van der Waals surface area contributed by atoms with Crippen LogP contribution >= 0.6 is 0 Å². The van der Waals surface area contributed by atoms with Crippen molar-refractivity contribution >= 4 is 16.9 Å². The quantitative estimate of drug-likeness (QED) is 0.431. The van der Waals surface area contributed by atoms with Crippen molar-refractivity contribution in [2.45, 2.75) is 59.9 Å². The fourth-order valence-corrected chi connectivity index (χ4v) is 5.40. The first-order valence-corrected chi connectivity index (χ1v) is 13.4. The van der Waals surface area contributed by atoms with E-state index in [-0.39, 0.29) is 40.3 Å². The van der Waals surface area contributed by atoms with Crippen LogP contribution in [0.25, 0.3) is 10.9 Å². The lowest BCUT2D eigenvalue weighted by Gasteiger charge is -2.30. The molecule has 2 heterocycles. The number of para-hydroxylation sites is 1. The highest BCUT2D eigenvalue weighted by molar-refractivity contribution is 5.77. The number of hydrogen-bond donors (Lipinski definition) is 2. The zero-order valence-corrected chi connectivity index (χ0v) is 23.1. The summed E-state index contributed by atoms with van der Waals surface area (Å²) < 4.78 is 19.4. The van der Waals surface area contributed by atoms with Gasteiger partial charge in [0.15, 0.2) is 0 Å². The van der Waals surface area contributed by atoms with Crippen LogP contribution in [-0.4, -0.2) is 35.2 Å². The van der Waals surface area contributed by atoms with Gasteiger partial charge in [-0.25, -0.2) is 9.18 Å². The van der Waals surface area contributed by atoms with Crippen LogP contribution in [0.15, 0.2) is 58.1 Å². The van der Waals surface area contributed by atoms with Gasteiger partial charge >= 0.3 is 11.7 Å². The van der Waals surface area contributed by atoms with Gasteiger partial charge < -0.3 is 15.0 Å². The van der Waals surface area contributed by atoms with Gasteiger partial charge in [0.05, 0.1) is 23.4 Å². The molecule has 3 aromatic rings. The molecule has 1 aliphatic rings. The monoisotopic (exact) mass is 525 g/mol. The number of piperidine rings is 1. The summed E-state index contributed by atoms with van der Waals surface area (Å²) in [6, 6.07) is 13.5. The molecular weight excluding hydrogens is 485 g/mol. The molecule has 0 bridgehead atoms. The third kappa shape index (κ3) is 7.63. The Morgan fingerprint density at radius 1 is 1.13 bits per heavy atom. The Bertz CT molecular complexity index is 1330. The molecule has 1 fully saturated rings. The Morgan fingerprint density at radius 3 is 2.47 bits per heavy atom. The number of halogens is 1. The van der Waals surface area contributed by atoms with E-state index in [1.165, 1.54) is 16.7 Å². The molecule has 38 heavy (non-hydrogen) atoms. The van der Waals surface area contributed by atoms with Crippen molar-refractivity contribution in [3.8, 4) is 0 Å². The molecule has 2 aromatic carbocycles. The number of hydrogen-bond acceptors (Lipinski definition) is 5. The van der Waals surface area contributed by atoms with Gasteiger partial charge in [-0.2, -0.15) is 0 Å². The van der Waals surface area contributed by atoms with E-state index in [4.69, 9.17) is 4.74 Å². The van der Waals surface area contributed by atoms with E-state index in [2.05, 4.69) is 38.0 Å². The van der Waals surface area contributed by atoms with Gasteiger partial charge in [0.2, 0.25) is 0 Å². The topological polar surface area (TPSA) is 93.2 Å². The Hall–Kier alpha value is -3.26. The summed E-state index contributed by atoms with van der Waals surface area (Å²) in [7, 11) is 0. The molecule has 0 aliphatic carbocycles. The van der Waals surface area contributed by atoms with Gasteiger partial charge in [0.1, 0.15) is 5.82 Å². The summed E-state index contributed by atoms with van der Waals surface area (Å²) in [6.45, 7) is 12.6. The molecule has 4 rings (SSSR count). The Labute approximate surface area is 223 Å². The molecule has 1 saturated heterocycles. The molecule has 2 atom stereocenters. The molecule has 1 aliphatic heterocycles. The van der Waals surface area contributed by atoms with E-state index in [0.29, 0.717) is 36.5 Å². The van der Waals surface area contributed by atoms with Crippen LogP contribution in [0.4, 0.5) is 4.39 Å². The standard InChI is InChI=1S/C16H22N2O2.C14H18FNO2/c1-11(2)9-16(3,4)10-18-14(19)12-7-5-6-8-13(12)17-15(18)20;1-2-18-14(17)13-9-16-8-7-12(13)10-3-5-11(15)6-4-10/h5-8,11H,9-10H2,1-4H3,(H,17,20);3-6,12-13,16H,2,7-9H2,1H3/t;12-,13-/m.0/s1. The maximum absolute atomic E-state index is 12.9. The summed E-state index contributed by atoms with van der Waals surface area (Å²) >= 11 is 0. The summed E-state index contributed by atoms with van der Waals surface area (Å²) in [4.78, 5) is 39.3. The first-order chi connectivity index (χ1) is 18.0. The number of ether oxygens (including phenoxy) is 1. The zero-order chi connectivity index (χ0) is 27.9. The van der Waals surface area contributed by atoms with Crippen LogP contribution in [0.5, 0.6) is 0 Å². The van der Waals surface area contributed by atoms with Gasteiger partial charge in [-0.3, -0.25) is 14.2 Å². The molecule has 7 nitrogen and oxygen atoms in total. The van der Waals surface area contributed by atoms with Crippen molar-refractivity contribution in [1.82, 2.24) is 14.9 Å². The molecule has 2 N–H and O–H groups in total. The van der Waals surface area contributed by atoms with Crippen LogP contribution in [0.1, 0.15) is 58.9 Å². The van der Waals surface area contributed by atoms with E-state index < -0.39 is 0 Å². The lowest BCUT2D eigenvalue weighted by atomic mass is 9.81. The van der Waals surface area contributed by atoms with Crippen LogP contribution in [0.2, 0.25) is 0 Å². The van der Waals surface area contributed by atoms with Crippen LogP contribution < -0.4 is 16.6 Å². The fourth-order valence-electron chi connectivity index (χ4n) is 5.40. The number of rotatable bonds is 7. The first-order valence-electron chi connectivity index (χ1n) is 13.4. The van der Waals surface area contributed by atoms with E-state index in [1.807, 2.05) is 12.1 Å².